The van der Waals surface area contributed by atoms with Crippen LogP contribution >= 0.6 is 0 Å². The minimum atomic E-state index is -0.322. The molecule has 0 saturated carbocycles. The summed E-state index contributed by atoms with van der Waals surface area (Å²) in [4.78, 5) is 0. The van der Waals surface area contributed by atoms with Gasteiger partial charge in [0.1, 0.15) is 0 Å². The molecular formula is C16H30O. The third-order valence-corrected chi connectivity index (χ3v) is 4.20. The summed E-state index contributed by atoms with van der Waals surface area (Å²) in [7, 11) is 0. The van der Waals surface area contributed by atoms with Crippen molar-refractivity contribution < 1.29 is 5.11 Å². The van der Waals surface area contributed by atoms with E-state index in [-0.39, 0.29) is 17.4 Å². The second-order valence-electron chi connectivity index (χ2n) is 6.17. The second-order valence-corrected chi connectivity index (χ2v) is 6.17. The van der Waals surface area contributed by atoms with Crippen molar-refractivity contribution in [1.29, 1.82) is 0 Å². The van der Waals surface area contributed by atoms with Crippen molar-refractivity contribution in [2.24, 2.45) is 17.3 Å². The first kappa shape index (κ1) is 16.4. The zero-order valence-corrected chi connectivity index (χ0v) is 12.5. The topological polar surface area (TPSA) is 20.2 Å². The van der Waals surface area contributed by atoms with Crippen LogP contribution < -0.4 is 0 Å². The Kier molecular flexibility index (Phi) is 6.18. The van der Waals surface area contributed by atoms with Crippen LogP contribution in [0.5, 0.6) is 0 Å². The van der Waals surface area contributed by atoms with Crippen LogP contribution in [0.25, 0.3) is 0 Å². The maximum Gasteiger partial charge on any atom is 0.0653 e. The molecule has 100 valence electrons. The summed E-state index contributed by atoms with van der Waals surface area (Å²) >= 11 is 0. The van der Waals surface area contributed by atoms with Crippen LogP contribution in [0.2, 0.25) is 0 Å². The molecule has 0 fully saturated rings. The van der Waals surface area contributed by atoms with Crippen molar-refractivity contribution in [3.63, 3.8) is 0 Å². The van der Waals surface area contributed by atoms with Crippen LogP contribution in [0.3, 0.4) is 0 Å². The molecule has 1 N–H and O–H groups in total. The summed E-state index contributed by atoms with van der Waals surface area (Å²) in [6.45, 7) is 20.6. The summed E-state index contributed by atoms with van der Waals surface area (Å²) in [6, 6.07) is 0. The molecule has 0 aromatic carbocycles. The van der Waals surface area contributed by atoms with Gasteiger partial charge in [-0.3, -0.25) is 0 Å². The lowest BCUT2D eigenvalue weighted by molar-refractivity contribution is 0.0168. The molecule has 0 rings (SSSR count). The standard InChI is InChI=1S/C16H30O/c1-11(2)14(7)9-10-16(8,13(5)6)15(17)12(3)4/h12,14-15,17H,1,5,9-10H2,2-4,6-8H3. The minimum Gasteiger partial charge on any atom is -0.392 e. The highest BCUT2D eigenvalue weighted by molar-refractivity contribution is 5.10. The number of allylic oxidation sites excluding steroid dienone is 1. The van der Waals surface area contributed by atoms with Gasteiger partial charge in [-0.05, 0) is 38.5 Å². The predicted octanol–water partition coefficient (Wildman–Crippen LogP) is 4.58. The molecule has 0 aliphatic carbocycles. The van der Waals surface area contributed by atoms with Gasteiger partial charge in [0.15, 0.2) is 0 Å². The molecule has 0 amide bonds. The molecule has 3 unspecified atom stereocenters. The minimum absolute atomic E-state index is 0.183. The maximum absolute atomic E-state index is 10.4. The number of rotatable bonds is 7. The average molecular weight is 238 g/mol. The maximum atomic E-state index is 10.4. The molecule has 1 heteroatoms. The third kappa shape index (κ3) is 4.31. The van der Waals surface area contributed by atoms with Crippen LogP contribution in [0.4, 0.5) is 0 Å². The van der Waals surface area contributed by atoms with Gasteiger partial charge in [-0.15, -0.1) is 0 Å². The Bertz CT molecular complexity index is 277. The summed E-state index contributed by atoms with van der Waals surface area (Å²) in [5.74, 6) is 0.768. The quantitative estimate of drug-likeness (QED) is 0.644. The van der Waals surface area contributed by atoms with E-state index in [4.69, 9.17) is 0 Å². The monoisotopic (exact) mass is 238 g/mol. The zero-order chi connectivity index (χ0) is 13.8. The zero-order valence-electron chi connectivity index (χ0n) is 12.5. The van der Waals surface area contributed by atoms with Crippen LogP contribution in [0.1, 0.15) is 54.4 Å². The molecule has 0 aromatic rings. The van der Waals surface area contributed by atoms with Crippen molar-refractivity contribution in [2.75, 3.05) is 0 Å². The molecule has 0 radical (unpaired) electrons. The fourth-order valence-electron chi connectivity index (χ4n) is 2.11. The Morgan fingerprint density at radius 2 is 1.65 bits per heavy atom. The van der Waals surface area contributed by atoms with Crippen molar-refractivity contribution in [3.05, 3.63) is 24.3 Å². The van der Waals surface area contributed by atoms with E-state index in [9.17, 15) is 5.11 Å². The summed E-state index contributed by atoms with van der Waals surface area (Å²) < 4.78 is 0. The summed E-state index contributed by atoms with van der Waals surface area (Å²) in [5.41, 5.74) is 2.11. The molecular weight excluding hydrogens is 208 g/mol. The fourth-order valence-corrected chi connectivity index (χ4v) is 2.11. The van der Waals surface area contributed by atoms with Gasteiger partial charge in [0.25, 0.3) is 0 Å². The normalized spacial score (nSPS) is 18.6. The average Bonchev–Trinajstić information content (AvgIpc) is 2.23. The van der Waals surface area contributed by atoms with E-state index in [1.165, 1.54) is 5.57 Å². The fraction of sp³-hybridized carbons (Fsp3) is 0.750. The van der Waals surface area contributed by atoms with Gasteiger partial charge in [0.2, 0.25) is 0 Å². The Labute approximate surface area is 108 Å². The Hall–Kier alpha value is -0.560. The number of hydrogen-bond donors (Lipinski definition) is 1. The van der Waals surface area contributed by atoms with Crippen LogP contribution in [0.15, 0.2) is 24.3 Å². The highest BCUT2D eigenvalue weighted by Gasteiger charge is 2.35. The van der Waals surface area contributed by atoms with Gasteiger partial charge in [0, 0.05) is 5.41 Å². The molecule has 0 heterocycles. The van der Waals surface area contributed by atoms with Crippen molar-refractivity contribution in [2.45, 2.75) is 60.5 Å². The first-order chi connectivity index (χ1) is 7.62. The van der Waals surface area contributed by atoms with Crippen molar-refractivity contribution in [3.8, 4) is 0 Å². The molecule has 0 aliphatic rings. The Morgan fingerprint density at radius 3 is 1.94 bits per heavy atom. The van der Waals surface area contributed by atoms with E-state index in [0.717, 1.165) is 18.4 Å². The summed E-state index contributed by atoms with van der Waals surface area (Å²) in [6.07, 6.45) is 1.70. The van der Waals surface area contributed by atoms with E-state index in [1.54, 1.807) is 0 Å². The van der Waals surface area contributed by atoms with Gasteiger partial charge < -0.3 is 5.11 Å². The van der Waals surface area contributed by atoms with Crippen LogP contribution in [-0.4, -0.2) is 11.2 Å². The number of hydrogen-bond acceptors (Lipinski definition) is 1. The first-order valence-electron chi connectivity index (χ1n) is 6.62. The van der Waals surface area contributed by atoms with E-state index >= 15 is 0 Å². The first-order valence-corrected chi connectivity index (χ1v) is 6.62. The van der Waals surface area contributed by atoms with Crippen LogP contribution in [0, 0.1) is 17.3 Å². The van der Waals surface area contributed by atoms with E-state index in [0.29, 0.717) is 5.92 Å². The van der Waals surface area contributed by atoms with E-state index < -0.39 is 0 Å². The second kappa shape index (κ2) is 6.39. The molecule has 17 heavy (non-hydrogen) atoms. The lowest BCUT2D eigenvalue weighted by Crippen LogP contribution is -2.37. The summed E-state index contributed by atoms with van der Waals surface area (Å²) in [5, 5.41) is 10.4. The van der Waals surface area contributed by atoms with Crippen LogP contribution in [-0.2, 0) is 0 Å². The molecule has 1 nitrogen and oxygen atoms in total. The van der Waals surface area contributed by atoms with Crippen molar-refractivity contribution >= 4 is 0 Å². The predicted molar refractivity (Wildman–Crippen MR) is 77.0 cm³/mol. The van der Waals surface area contributed by atoms with Gasteiger partial charge in [-0.25, -0.2) is 0 Å². The van der Waals surface area contributed by atoms with Gasteiger partial charge in [-0.2, -0.15) is 0 Å². The third-order valence-electron chi connectivity index (χ3n) is 4.20. The molecule has 3 atom stereocenters. The molecule has 0 bridgehead atoms. The molecule has 0 aliphatic heterocycles. The number of aliphatic hydroxyl groups is 1. The lowest BCUT2D eigenvalue weighted by Gasteiger charge is -2.38. The van der Waals surface area contributed by atoms with Gasteiger partial charge in [0.05, 0.1) is 6.10 Å². The Balaban J connectivity index is 4.75. The highest BCUT2D eigenvalue weighted by atomic mass is 16.3. The highest BCUT2D eigenvalue weighted by Crippen LogP contribution is 2.39. The largest absolute Gasteiger partial charge is 0.392 e. The number of aliphatic hydroxyl groups excluding tert-OH is 1. The molecule has 0 saturated heterocycles. The lowest BCUT2D eigenvalue weighted by atomic mass is 9.70. The van der Waals surface area contributed by atoms with E-state index in [1.807, 2.05) is 6.92 Å². The van der Waals surface area contributed by atoms with E-state index in [2.05, 4.69) is 47.8 Å². The van der Waals surface area contributed by atoms with Gasteiger partial charge >= 0.3 is 0 Å². The Morgan fingerprint density at radius 1 is 1.18 bits per heavy atom. The van der Waals surface area contributed by atoms with Crippen molar-refractivity contribution in [1.82, 2.24) is 0 Å². The van der Waals surface area contributed by atoms with Gasteiger partial charge in [-0.1, -0.05) is 52.0 Å². The molecule has 0 aromatic heterocycles. The molecule has 0 spiro atoms. The smallest absolute Gasteiger partial charge is 0.0653 e. The SMILES string of the molecule is C=C(C)C(C)CCC(C)(C(=C)C)C(O)C(C)C.